The lowest BCUT2D eigenvalue weighted by molar-refractivity contribution is 0.0543. The van der Waals surface area contributed by atoms with Crippen LogP contribution in [0.2, 0.25) is 5.02 Å². The fourth-order valence-electron chi connectivity index (χ4n) is 5.54. The lowest BCUT2D eigenvalue weighted by atomic mass is 9.89. The van der Waals surface area contributed by atoms with Crippen molar-refractivity contribution in [2.45, 2.75) is 52.1 Å². The number of aromatic nitrogens is 6. The second kappa shape index (κ2) is 9.18. The Kier molecular flexibility index (Phi) is 5.23. The number of ether oxygens (including phenoxy) is 1. The third-order valence-corrected chi connectivity index (χ3v) is 7.77. The summed E-state index contributed by atoms with van der Waals surface area (Å²) in [7, 11) is 1.65. The summed E-state index contributed by atoms with van der Waals surface area (Å²) in [4.78, 5) is 4.80. The normalized spacial score (nSPS) is 17.6. The molecule has 1 aliphatic heterocycles. The molecule has 38 heavy (non-hydrogen) atoms. The average Bonchev–Trinajstić information content (AvgIpc) is 3.59. The van der Waals surface area contributed by atoms with Gasteiger partial charge in [0.1, 0.15) is 11.5 Å². The van der Waals surface area contributed by atoms with Crippen molar-refractivity contribution in [2.24, 2.45) is 13.0 Å². The summed E-state index contributed by atoms with van der Waals surface area (Å²) in [6, 6.07) is 7.34. The van der Waals surface area contributed by atoms with Crippen LogP contribution in [0.4, 0.5) is 0 Å². The summed E-state index contributed by atoms with van der Waals surface area (Å²) in [6.45, 7) is 4.08. The number of nitrogens with zero attached hydrogens (tertiary/aromatic N) is 6. The third kappa shape index (κ3) is 4.09. The van der Waals surface area contributed by atoms with Crippen LogP contribution in [0.3, 0.4) is 0 Å². The van der Waals surface area contributed by atoms with Crippen LogP contribution in [-0.4, -0.2) is 48.0 Å². The van der Waals surface area contributed by atoms with Gasteiger partial charge in [-0.05, 0) is 64.6 Å². The van der Waals surface area contributed by atoms with E-state index in [1.807, 2.05) is 31.2 Å². The van der Waals surface area contributed by atoms with Gasteiger partial charge in [0.05, 0.1) is 44.6 Å². The predicted octanol–water partition coefficient (Wildman–Crippen LogP) is 5.49. The van der Waals surface area contributed by atoms with Gasteiger partial charge in [0.2, 0.25) is 0 Å². The number of pyridine rings is 1. The number of benzene rings is 1. The SMILES string of the molecule is [2H]C([2H])([2H])c1nnn(C)c1-c1cc2c(cc1Cl)c1ncc(C(C)(C)O)cc1n2C(c1cc(C)on1)C1CCOCC1. The second-order valence-corrected chi connectivity index (χ2v) is 10.9. The first-order valence-electron chi connectivity index (χ1n) is 14.1. The molecule has 4 aromatic heterocycles. The van der Waals surface area contributed by atoms with E-state index < -0.39 is 12.5 Å². The van der Waals surface area contributed by atoms with Crippen LogP contribution >= 0.6 is 11.6 Å². The van der Waals surface area contributed by atoms with Gasteiger partial charge in [-0.2, -0.15) is 0 Å². The van der Waals surface area contributed by atoms with Crippen LogP contribution in [0.25, 0.3) is 33.2 Å². The van der Waals surface area contributed by atoms with Gasteiger partial charge in [-0.3, -0.25) is 4.98 Å². The molecule has 1 N–H and O–H groups in total. The highest BCUT2D eigenvalue weighted by atomic mass is 35.5. The summed E-state index contributed by atoms with van der Waals surface area (Å²) in [5.74, 6) is 0.855. The monoisotopic (exact) mass is 537 g/mol. The maximum atomic E-state index is 10.9. The van der Waals surface area contributed by atoms with E-state index in [1.165, 1.54) is 4.68 Å². The zero-order valence-electron chi connectivity index (χ0n) is 24.7. The van der Waals surface area contributed by atoms with Gasteiger partial charge in [0.15, 0.2) is 0 Å². The number of fused-ring (bicyclic) bond motifs is 3. The molecular formula is C28H31ClN6O3. The van der Waals surface area contributed by atoms with Crippen LogP contribution in [0.5, 0.6) is 0 Å². The van der Waals surface area contributed by atoms with Crippen molar-refractivity contribution in [3.05, 3.63) is 58.2 Å². The van der Waals surface area contributed by atoms with Crippen LogP contribution < -0.4 is 0 Å². The van der Waals surface area contributed by atoms with E-state index in [0.717, 1.165) is 35.0 Å². The molecule has 1 saturated heterocycles. The van der Waals surface area contributed by atoms with Crippen molar-refractivity contribution in [1.29, 1.82) is 0 Å². The number of hydrogen-bond donors (Lipinski definition) is 1. The Labute approximate surface area is 229 Å². The number of aryl methyl sites for hydroxylation is 3. The van der Waals surface area contributed by atoms with Gasteiger partial charge >= 0.3 is 0 Å². The van der Waals surface area contributed by atoms with E-state index in [2.05, 4.69) is 20.0 Å². The lowest BCUT2D eigenvalue weighted by Crippen LogP contribution is -2.27. The summed E-state index contributed by atoms with van der Waals surface area (Å²) in [5.41, 5.74) is 3.27. The number of halogens is 1. The number of rotatable bonds is 5. The fourth-order valence-corrected chi connectivity index (χ4v) is 5.79. The Bertz CT molecular complexity index is 1760. The van der Waals surface area contributed by atoms with E-state index >= 15 is 0 Å². The van der Waals surface area contributed by atoms with Crippen LogP contribution in [0.15, 0.2) is 35.0 Å². The van der Waals surface area contributed by atoms with Crippen molar-refractivity contribution in [3.8, 4) is 11.3 Å². The van der Waals surface area contributed by atoms with E-state index in [4.69, 9.17) is 30.0 Å². The molecule has 5 aromatic rings. The quantitative estimate of drug-likeness (QED) is 0.316. The Morgan fingerprint density at radius 3 is 2.66 bits per heavy atom. The van der Waals surface area contributed by atoms with E-state index in [0.29, 0.717) is 46.3 Å². The first-order valence-corrected chi connectivity index (χ1v) is 13.0. The van der Waals surface area contributed by atoms with E-state index in [1.54, 1.807) is 27.1 Å². The Morgan fingerprint density at radius 2 is 1.97 bits per heavy atom. The molecule has 0 amide bonds. The molecule has 198 valence electrons. The van der Waals surface area contributed by atoms with Crippen molar-refractivity contribution >= 4 is 33.5 Å². The zero-order chi connectivity index (χ0) is 29.3. The molecule has 0 saturated carbocycles. The minimum Gasteiger partial charge on any atom is -0.386 e. The summed E-state index contributed by atoms with van der Waals surface area (Å²) < 4.78 is 39.0. The predicted molar refractivity (Wildman–Crippen MR) is 145 cm³/mol. The molecule has 0 radical (unpaired) electrons. The maximum Gasteiger partial charge on any atom is 0.134 e. The molecule has 5 heterocycles. The molecule has 10 heteroatoms. The fraction of sp³-hybridized carbons (Fsp3) is 0.429. The van der Waals surface area contributed by atoms with Gasteiger partial charge in [0.25, 0.3) is 0 Å². The van der Waals surface area contributed by atoms with Crippen molar-refractivity contribution in [2.75, 3.05) is 13.2 Å². The van der Waals surface area contributed by atoms with Gasteiger partial charge in [-0.15, -0.1) is 5.10 Å². The minimum absolute atomic E-state index is 0.126. The molecule has 9 nitrogen and oxygen atoms in total. The Balaban J connectivity index is 1.72. The molecule has 0 aliphatic carbocycles. The highest BCUT2D eigenvalue weighted by Gasteiger charge is 2.33. The minimum atomic E-state index is -2.49. The molecule has 1 unspecified atom stereocenters. The maximum absolute atomic E-state index is 10.9. The highest BCUT2D eigenvalue weighted by Crippen LogP contribution is 2.43. The number of aliphatic hydroxyl groups is 1. The van der Waals surface area contributed by atoms with Crippen LogP contribution in [0.1, 0.15) is 59.6 Å². The summed E-state index contributed by atoms with van der Waals surface area (Å²) >= 11 is 6.88. The molecule has 1 aromatic carbocycles. The van der Waals surface area contributed by atoms with Crippen LogP contribution in [0, 0.1) is 19.7 Å². The van der Waals surface area contributed by atoms with Gasteiger partial charge in [-0.25, -0.2) is 4.68 Å². The van der Waals surface area contributed by atoms with Gasteiger partial charge in [0, 0.05) is 53.2 Å². The third-order valence-electron chi connectivity index (χ3n) is 7.46. The smallest absolute Gasteiger partial charge is 0.134 e. The zero-order valence-corrected chi connectivity index (χ0v) is 22.5. The van der Waals surface area contributed by atoms with Crippen LogP contribution in [-0.2, 0) is 17.4 Å². The summed E-state index contributed by atoms with van der Waals surface area (Å²) in [6.07, 6.45) is 3.30. The molecular weight excluding hydrogens is 504 g/mol. The number of hydrogen-bond acceptors (Lipinski definition) is 7. The van der Waals surface area contributed by atoms with Crippen molar-refractivity contribution < 1.29 is 18.5 Å². The largest absolute Gasteiger partial charge is 0.386 e. The molecule has 0 spiro atoms. The van der Waals surface area contributed by atoms with E-state index in [9.17, 15) is 5.11 Å². The van der Waals surface area contributed by atoms with Gasteiger partial charge in [-0.1, -0.05) is 22.0 Å². The second-order valence-electron chi connectivity index (χ2n) is 10.5. The molecule has 0 bridgehead atoms. The molecule has 1 aliphatic rings. The summed E-state index contributed by atoms with van der Waals surface area (Å²) in [5, 5.41) is 24.4. The standard InChI is InChI=1S/C28H31ClN6O3/c1-15-10-22(32-38-15)27(17-6-8-37-9-7-17)35-23-13-19(26-16(2)31-33-34(26)5)21(29)12-20(23)25-24(35)11-18(14-30-25)28(3,4)36/h10-14,17,27,36H,6-9H2,1-5H3/i2D3. The topological polar surface area (TPSA) is 104 Å². The van der Waals surface area contributed by atoms with Crippen molar-refractivity contribution in [3.63, 3.8) is 0 Å². The highest BCUT2D eigenvalue weighted by molar-refractivity contribution is 6.34. The molecule has 1 atom stereocenters. The van der Waals surface area contributed by atoms with Gasteiger partial charge < -0.3 is 18.9 Å². The van der Waals surface area contributed by atoms with E-state index in [-0.39, 0.29) is 17.7 Å². The molecule has 1 fully saturated rings. The Morgan fingerprint density at radius 1 is 1.18 bits per heavy atom. The molecule has 6 rings (SSSR count). The first kappa shape index (κ1) is 21.6. The van der Waals surface area contributed by atoms with Crippen molar-refractivity contribution in [1.82, 2.24) is 29.7 Å². The lowest BCUT2D eigenvalue weighted by Gasteiger charge is -2.31. The average molecular weight is 538 g/mol. The first-order chi connectivity index (χ1) is 19.3. The Hall–Kier alpha value is -3.27.